The van der Waals surface area contributed by atoms with E-state index in [1.54, 1.807) is 20.8 Å². The van der Waals surface area contributed by atoms with Crippen LogP contribution >= 0.6 is 0 Å². The molecule has 1 aromatic carbocycles. The number of amides is 2. The Morgan fingerprint density at radius 3 is 2.30 bits per heavy atom. The van der Waals surface area contributed by atoms with Crippen LogP contribution in [0.1, 0.15) is 97.5 Å². The van der Waals surface area contributed by atoms with Gasteiger partial charge in [0.05, 0.1) is 29.9 Å². The molecular formula is C31H45BFN3O7. The molecule has 236 valence electrons. The smallest absolute Gasteiger partial charge is 0.465 e. The Morgan fingerprint density at radius 1 is 1.16 bits per heavy atom. The molecule has 1 saturated carbocycles. The van der Waals surface area contributed by atoms with E-state index >= 15 is 4.39 Å². The highest BCUT2D eigenvalue weighted by molar-refractivity contribution is 6.63. The number of esters is 1. The van der Waals surface area contributed by atoms with Gasteiger partial charge in [-0.15, -0.1) is 0 Å². The Morgan fingerprint density at radius 2 is 1.77 bits per heavy atom. The second-order valence-electron chi connectivity index (χ2n) is 13.1. The lowest BCUT2D eigenvalue weighted by atomic mass is 9.75. The third-order valence-corrected chi connectivity index (χ3v) is 8.49. The first-order valence-corrected chi connectivity index (χ1v) is 15.0. The summed E-state index contributed by atoms with van der Waals surface area (Å²) in [6.45, 7) is 16.6. The van der Waals surface area contributed by atoms with Crippen LogP contribution in [0.4, 0.5) is 9.18 Å². The predicted molar refractivity (Wildman–Crippen MR) is 159 cm³/mol. The van der Waals surface area contributed by atoms with Crippen LogP contribution in [0.3, 0.4) is 0 Å². The maximum Gasteiger partial charge on any atom is 0.495 e. The van der Waals surface area contributed by atoms with Gasteiger partial charge in [0, 0.05) is 12.5 Å². The average molecular weight is 602 g/mol. The van der Waals surface area contributed by atoms with Crippen LogP contribution in [-0.2, 0) is 30.0 Å². The van der Waals surface area contributed by atoms with Crippen LogP contribution < -0.4 is 10.8 Å². The minimum absolute atomic E-state index is 0.0365. The molecule has 3 aliphatic rings. The van der Waals surface area contributed by atoms with E-state index in [0.29, 0.717) is 6.42 Å². The number of methoxy groups -OCH3 is 1. The number of hydrogen-bond acceptors (Lipinski definition) is 8. The van der Waals surface area contributed by atoms with E-state index in [4.69, 9.17) is 18.8 Å². The largest absolute Gasteiger partial charge is 0.495 e. The second kappa shape index (κ2) is 12.8. The third kappa shape index (κ3) is 7.15. The van der Waals surface area contributed by atoms with Gasteiger partial charge in [-0.25, -0.2) is 14.0 Å². The molecule has 2 aliphatic heterocycles. The van der Waals surface area contributed by atoms with Gasteiger partial charge in [0.2, 0.25) is 5.91 Å². The fourth-order valence-electron chi connectivity index (χ4n) is 5.75. The Hall–Kier alpha value is -3.17. The van der Waals surface area contributed by atoms with Gasteiger partial charge in [-0.3, -0.25) is 9.69 Å². The van der Waals surface area contributed by atoms with Crippen LogP contribution in [0.25, 0.3) is 0 Å². The summed E-state index contributed by atoms with van der Waals surface area (Å²) in [5, 5.41) is 12.6. The zero-order valence-corrected chi connectivity index (χ0v) is 27.0. The fraction of sp³-hybridized carbons (Fsp3) is 0.677. The summed E-state index contributed by atoms with van der Waals surface area (Å²) in [5.74, 6) is -1.94. The van der Waals surface area contributed by atoms with Gasteiger partial charge in [-0.05, 0) is 96.8 Å². The van der Waals surface area contributed by atoms with E-state index in [2.05, 4.69) is 5.32 Å². The van der Waals surface area contributed by atoms with Crippen LogP contribution in [0, 0.1) is 23.1 Å². The molecular weight excluding hydrogens is 556 g/mol. The van der Waals surface area contributed by atoms with Gasteiger partial charge >= 0.3 is 19.2 Å². The van der Waals surface area contributed by atoms with Gasteiger partial charge in [-0.2, -0.15) is 5.26 Å². The maximum atomic E-state index is 15.5. The highest BCUT2D eigenvalue weighted by Gasteiger charge is 2.54. The summed E-state index contributed by atoms with van der Waals surface area (Å²) < 4.78 is 38.0. The Balaban J connectivity index is 0.00000248. The number of fused-ring (bicyclic) bond motifs is 2. The average Bonchev–Trinajstić information content (AvgIpc) is 3.60. The SMILES string of the molecule is CC.COC(=O)c1cc(C[C@@H](C#N)NC(=O)[C@@H]2[C@H]3CC[C@H](C3)N2C(=O)OC(C)(C)C)c(F)cc1B1OC(C)(C)C(C)(C)O1. The second-order valence-corrected chi connectivity index (χ2v) is 13.1. The number of rotatable bonds is 6. The van der Waals surface area contributed by atoms with Crippen molar-refractivity contribution >= 4 is 30.6 Å². The molecule has 2 bridgehead atoms. The molecule has 2 heterocycles. The van der Waals surface area contributed by atoms with Crippen LogP contribution in [0.2, 0.25) is 0 Å². The molecule has 3 fully saturated rings. The lowest BCUT2D eigenvalue weighted by Crippen LogP contribution is -2.55. The molecule has 4 rings (SSSR count). The number of hydrogen-bond donors (Lipinski definition) is 1. The number of likely N-dealkylation sites (tertiary alicyclic amines) is 1. The number of nitrogens with one attached hydrogen (secondary N) is 1. The zero-order chi connectivity index (χ0) is 32.5. The Kier molecular flexibility index (Phi) is 10.2. The van der Waals surface area contributed by atoms with Crippen molar-refractivity contribution in [3.63, 3.8) is 0 Å². The Labute approximate surface area is 254 Å². The predicted octanol–water partition coefficient (Wildman–Crippen LogP) is 4.28. The number of carbonyl (C=O) groups is 3. The number of benzene rings is 1. The molecule has 12 heteroatoms. The highest BCUT2D eigenvalue weighted by Crippen LogP contribution is 2.43. The first kappa shape index (κ1) is 34.3. The van der Waals surface area contributed by atoms with Crippen molar-refractivity contribution in [3.8, 4) is 6.07 Å². The quantitative estimate of drug-likeness (QED) is 0.378. The topological polar surface area (TPSA) is 127 Å². The standard InChI is InChI=1S/C29H39BFN3O7.C2H6/c1-27(2,3)39-26(37)34-19-10-9-16(12-19)23(34)24(35)33-18(15-32)11-17-13-20(25(36)38-8)21(14-22(17)31)30-40-28(4,5)29(6,7)41-30;1-2/h13-14,16,18-19,23H,9-12H2,1-8H3,(H,33,35);1-2H3/t16-,18-,19+,23-;/m0./s1. The van der Waals surface area contributed by atoms with E-state index in [0.717, 1.165) is 18.9 Å². The molecule has 2 amide bonds. The number of piperidine rings is 1. The van der Waals surface area contributed by atoms with Gasteiger partial charge in [0.25, 0.3) is 0 Å². The third-order valence-electron chi connectivity index (χ3n) is 8.49. The summed E-state index contributed by atoms with van der Waals surface area (Å²) in [4.78, 5) is 40.6. The lowest BCUT2D eigenvalue weighted by Gasteiger charge is -2.35. The van der Waals surface area contributed by atoms with Crippen LogP contribution in [0.5, 0.6) is 0 Å². The van der Waals surface area contributed by atoms with E-state index < -0.39 is 59.8 Å². The van der Waals surface area contributed by atoms with E-state index in [9.17, 15) is 19.6 Å². The van der Waals surface area contributed by atoms with Gasteiger partial charge in [-0.1, -0.05) is 13.8 Å². The number of ether oxygens (including phenoxy) is 2. The highest BCUT2D eigenvalue weighted by atomic mass is 19.1. The van der Waals surface area contributed by atoms with Crippen molar-refractivity contribution < 1.29 is 37.6 Å². The van der Waals surface area contributed by atoms with E-state index in [1.807, 2.05) is 47.6 Å². The molecule has 0 unspecified atom stereocenters. The zero-order valence-electron chi connectivity index (χ0n) is 27.0. The van der Waals surface area contributed by atoms with Crippen molar-refractivity contribution in [1.82, 2.24) is 10.2 Å². The molecule has 2 saturated heterocycles. The number of carbonyl (C=O) groups excluding carboxylic acids is 3. The summed E-state index contributed by atoms with van der Waals surface area (Å²) in [5.41, 5.74) is -1.92. The molecule has 0 radical (unpaired) electrons. The summed E-state index contributed by atoms with van der Waals surface area (Å²) in [6, 6.07) is 2.47. The minimum Gasteiger partial charge on any atom is -0.465 e. The summed E-state index contributed by atoms with van der Waals surface area (Å²) in [6.07, 6.45) is 1.48. The number of nitrogens with zero attached hydrogens (tertiary/aromatic N) is 2. The van der Waals surface area contributed by atoms with Crippen molar-refractivity contribution in [2.75, 3.05) is 7.11 Å². The first-order valence-electron chi connectivity index (χ1n) is 15.0. The summed E-state index contributed by atoms with van der Waals surface area (Å²) >= 11 is 0. The maximum absolute atomic E-state index is 15.5. The molecule has 4 atom stereocenters. The number of nitriles is 1. The lowest BCUT2D eigenvalue weighted by molar-refractivity contribution is -0.128. The van der Waals surface area contributed by atoms with Crippen molar-refractivity contribution in [1.29, 1.82) is 5.26 Å². The van der Waals surface area contributed by atoms with Crippen molar-refractivity contribution in [2.45, 2.75) is 123 Å². The Bertz CT molecular complexity index is 1260. The molecule has 1 aromatic rings. The van der Waals surface area contributed by atoms with E-state index in [1.165, 1.54) is 18.1 Å². The molecule has 1 N–H and O–H groups in total. The minimum atomic E-state index is -1.12. The van der Waals surface area contributed by atoms with Gasteiger partial charge < -0.3 is 24.1 Å². The molecule has 0 aromatic heterocycles. The molecule has 0 spiro atoms. The fourth-order valence-corrected chi connectivity index (χ4v) is 5.75. The van der Waals surface area contributed by atoms with Crippen molar-refractivity contribution in [3.05, 3.63) is 29.1 Å². The van der Waals surface area contributed by atoms with E-state index in [-0.39, 0.29) is 35.0 Å². The van der Waals surface area contributed by atoms with Crippen molar-refractivity contribution in [2.24, 2.45) is 5.92 Å². The monoisotopic (exact) mass is 601 g/mol. The normalized spacial score (nSPS) is 24.0. The summed E-state index contributed by atoms with van der Waals surface area (Å²) in [7, 11) is 0.199. The molecule has 43 heavy (non-hydrogen) atoms. The van der Waals surface area contributed by atoms with Crippen LogP contribution in [0.15, 0.2) is 12.1 Å². The van der Waals surface area contributed by atoms with Gasteiger partial charge in [0.1, 0.15) is 23.5 Å². The van der Waals surface area contributed by atoms with Gasteiger partial charge in [0.15, 0.2) is 0 Å². The molecule has 1 aliphatic carbocycles. The first-order chi connectivity index (χ1) is 20.0. The van der Waals surface area contributed by atoms with Crippen LogP contribution in [-0.4, -0.2) is 72.0 Å². The molecule has 10 nitrogen and oxygen atoms in total. The number of halogens is 1.